The first-order valence-electron chi connectivity index (χ1n) is 18.1. The summed E-state index contributed by atoms with van der Waals surface area (Å²) in [5, 5.41) is 19.9. The average Bonchev–Trinajstić information content (AvgIpc) is 3.32. The van der Waals surface area contributed by atoms with E-state index in [1.54, 1.807) is 11.6 Å². The van der Waals surface area contributed by atoms with E-state index in [2.05, 4.69) is 65.8 Å². The van der Waals surface area contributed by atoms with Crippen molar-refractivity contribution in [1.29, 1.82) is 0 Å². The molecule has 3 saturated carbocycles. The lowest BCUT2D eigenvalue weighted by molar-refractivity contribution is -0.131. The fourth-order valence-corrected chi connectivity index (χ4v) is 9.81. The number of hydrogen-bond acceptors (Lipinski definition) is 2. The zero-order valence-electron chi connectivity index (χ0n) is 28.5. The molecule has 0 aromatic heterocycles. The molecule has 2 N–H and O–H groups in total. The monoisotopic (exact) mass is 592 g/mol. The van der Waals surface area contributed by atoms with Gasteiger partial charge >= 0.3 is 5.97 Å². The number of unbranched alkanes of at least 4 members (excludes halogenated alkanes) is 7. The molecule has 0 aromatic rings. The molecular weight excluding hydrogens is 528 g/mol. The highest BCUT2D eigenvalue weighted by atomic mass is 16.4. The van der Waals surface area contributed by atoms with E-state index in [1.807, 2.05) is 0 Å². The molecule has 0 aromatic carbocycles. The van der Waals surface area contributed by atoms with Crippen molar-refractivity contribution in [2.75, 3.05) is 0 Å². The number of carboxylic acids is 1. The second-order valence-electron chi connectivity index (χ2n) is 16.0. The number of carbonyl (C=O) groups is 1. The van der Waals surface area contributed by atoms with E-state index < -0.39 is 5.97 Å². The van der Waals surface area contributed by atoms with Gasteiger partial charge in [-0.2, -0.15) is 0 Å². The third-order valence-electron chi connectivity index (χ3n) is 12.9. The average molecular weight is 593 g/mol. The van der Waals surface area contributed by atoms with Crippen LogP contribution in [0, 0.1) is 52.3 Å². The predicted octanol–water partition coefficient (Wildman–Crippen LogP) is 10.7. The lowest BCUT2D eigenvalue weighted by Crippen LogP contribution is -2.48. The molecule has 0 spiro atoms. The minimum Gasteiger partial charge on any atom is -0.478 e. The number of aliphatic hydroxyl groups excluding tert-OH is 1. The van der Waals surface area contributed by atoms with E-state index in [0.29, 0.717) is 35.0 Å². The van der Waals surface area contributed by atoms with Crippen LogP contribution in [0.4, 0.5) is 0 Å². The molecule has 2 unspecified atom stereocenters. The Morgan fingerprint density at radius 2 is 1.63 bits per heavy atom. The topological polar surface area (TPSA) is 57.5 Å². The Balaban J connectivity index is 1.29. The number of aliphatic hydroxyl groups is 1. The van der Waals surface area contributed by atoms with Crippen molar-refractivity contribution in [3.05, 3.63) is 47.6 Å². The summed E-state index contributed by atoms with van der Waals surface area (Å²) < 4.78 is 0. The third kappa shape index (κ3) is 7.98. The second kappa shape index (κ2) is 15.1. The van der Waals surface area contributed by atoms with Crippen LogP contribution >= 0.6 is 0 Å². The normalized spacial score (nSPS) is 35.4. The molecule has 0 bridgehead atoms. The molecule has 0 heterocycles. The van der Waals surface area contributed by atoms with Gasteiger partial charge in [-0.3, -0.25) is 0 Å². The minimum absolute atomic E-state index is 0.182. The molecule has 9 atom stereocenters. The van der Waals surface area contributed by atoms with Crippen LogP contribution in [0.3, 0.4) is 0 Å². The van der Waals surface area contributed by atoms with Gasteiger partial charge in [-0.1, -0.05) is 122 Å². The standard InChI is InChI=1S/C40H64O3/c1-28(2)29(3)18-19-30(4)34-22-23-35-33-21-20-32-26-37(41)31(27-40(32,6)36(33)24-25-39(34,35)5)16-14-12-10-8-7-9-11-13-15-17-38(42)43/h15,17-21,28-31,34-37,41H,7-14,16,22-27H2,1-6H3,(H,42,43)/t29-,30+,31?,34+,35-,36-,37?,39+,40-/m0/s1. The van der Waals surface area contributed by atoms with Crippen molar-refractivity contribution < 1.29 is 15.0 Å². The van der Waals surface area contributed by atoms with Crippen LogP contribution in [-0.2, 0) is 4.79 Å². The quantitative estimate of drug-likeness (QED) is 0.113. The Bertz CT molecular complexity index is 1050. The van der Waals surface area contributed by atoms with E-state index in [-0.39, 0.29) is 11.5 Å². The first kappa shape index (κ1) is 34.3. The molecule has 0 amide bonds. The SMILES string of the molecule is CC(C)[C@@H](C)C=C[C@@H](C)[C@H]1CC[C@H]2C3=CC=C4CC(O)C(CCCCCCCCCC=CC(=O)O)C[C@]4(C)[C@H]3CC[C@]12C. The van der Waals surface area contributed by atoms with Gasteiger partial charge < -0.3 is 10.2 Å². The van der Waals surface area contributed by atoms with Crippen molar-refractivity contribution in [2.24, 2.45) is 52.3 Å². The number of allylic oxidation sites excluding steroid dienone is 6. The van der Waals surface area contributed by atoms with E-state index in [1.165, 1.54) is 75.9 Å². The van der Waals surface area contributed by atoms with Gasteiger partial charge in [-0.25, -0.2) is 4.79 Å². The number of hydrogen-bond donors (Lipinski definition) is 2. The van der Waals surface area contributed by atoms with Crippen molar-refractivity contribution >= 4 is 5.97 Å². The summed E-state index contributed by atoms with van der Waals surface area (Å²) in [7, 11) is 0. The van der Waals surface area contributed by atoms with Crippen molar-refractivity contribution in [1.82, 2.24) is 0 Å². The maximum atomic E-state index is 11.2. The van der Waals surface area contributed by atoms with Gasteiger partial charge in [0, 0.05) is 6.08 Å². The van der Waals surface area contributed by atoms with Crippen LogP contribution in [0.25, 0.3) is 0 Å². The van der Waals surface area contributed by atoms with Gasteiger partial charge in [0.05, 0.1) is 6.10 Å². The number of fused-ring (bicyclic) bond motifs is 5. The summed E-state index contributed by atoms with van der Waals surface area (Å²) in [5.41, 5.74) is 3.93. The lowest BCUT2D eigenvalue weighted by Gasteiger charge is -2.56. The predicted molar refractivity (Wildman–Crippen MR) is 181 cm³/mol. The molecule has 3 nitrogen and oxygen atoms in total. The third-order valence-corrected chi connectivity index (χ3v) is 12.9. The molecule has 4 aliphatic rings. The zero-order valence-corrected chi connectivity index (χ0v) is 28.5. The molecule has 3 heteroatoms. The number of rotatable bonds is 15. The summed E-state index contributed by atoms with van der Waals surface area (Å²) in [5.74, 6) is 3.75. The maximum Gasteiger partial charge on any atom is 0.327 e. The van der Waals surface area contributed by atoms with Gasteiger partial charge in [0.25, 0.3) is 0 Å². The summed E-state index contributed by atoms with van der Waals surface area (Å²) in [6, 6.07) is 0. The molecule has 43 heavy (non-hydrogen) atoms. The van der Waals surface area contributed by atoms with Crippen molar-refractivity contribution in [3.63, 3.8) is 0 Å². The highest BCUT2D eigenvalue weighted by Crippen LogP contribution is 2.66. The van der Waals surface area contributed by atoms with Crippen LogP contribution in [0.5, 0.6) is 0 Å². The Labute approximate surface area is 264 Å². The maximum absolute atomic E-state index is 11.2. The van der Waals surface area contributed by atoms with Gasteiger partial charge in [0.15, 0.2) is 0 Å². The fourth-order valence-electron chi connectivity index (χ4n) is 9.81. The Hall–Kier alpha value is -1.61. The van der Waals surface area contributed by atoms with Gasteiger partial charge in [-0.05, 0) is 110 Å². The molecule has 3 fully saturated rings. The summed E-state index contributed by atoms with van der Waals surface area (Å²) in [6.07, 6.45) is 30.9. The van der Waals surface area contributed by atoms with Crippen LogP contribution < -0.4 is 0 Å². The summed E-state index contributed by atoms with van der Waals surface area (Å²) >= 11 is 0. The summed E-state index contributed by atoms with van der Waals surface area (Å²) in [6.45, 7) is 14.7. The van der Waals surface area contributed by atoms with Crippen LogP contribution in [0.15, 0.2) is 47.6 Å². The molecular formula is C40H64O3. The van der Waals surface area contributed by atoms with Gasteiger partial charge in [-0.15, -0.1) is 0 Å². The fraction of sp³-hybridized carbons (Fsp3) is 0.775. The van der Waals surface area contributed by atoms with Crippen LogP contribution in [-0.4, -0.2) is 22.3 Å². The Morgan fingerprint density at radius 3 is 2.33 bits per heavy atom. The van der Waals surface area contributed by atoms with E-state index >= 15 is 0 Å². The molecule has 4 rings (SSSR count). The van der Waals surface area contributed by atoms with Crippen molar-refractivity contribution in [3.8, 4) is 0 Å². The lowest BCUT2D eigenvalue weighted by atomic mass is 9.49. The zero-order chi connectivity index (χ0) is 31.2. The molecule has 0 aliphatic heterocycles. The first-order chi connectivity index (χ1) is 20.5. The molecule has 0 saturated heterocycles. The van der Waals surface area contributed by atoms with Gasteiger partial charge in [0.1, 0.15) is 0 Å². The van der Waals surface area contributed by atoms with E-state index in [4.69, 9.17) is 5.11 Å². The second-order valence-corrected chi connectivity index (χ2v) is 16.0. The first-order valence-corrected chi connectivity index (χ1v) is 18.1. The summed E-state index contributed by atoms with van der Waals surface area (Å²) in [4.78, 5) is 10.5. The smallest absolute Gasteiger partial charge is 0.327 e. The van der Waals surface area contributed by atoms with Crippen LogP contribution in [0.2, 0.25) is 0 Å². The Morgan fingerprint density at radius 1 is 0.930 bits per heavy atom. The van der Waals surface area contributed by atoms with Crippen LogP contribution in [0.1, 0.15) is 138 Å². The number of aliphatic carboxylic acids is 1. The van der Waals surface area contributed by atoms with E-state index in [9.17, 15) is 9.90 Å². The van der Waals surface area contributed by atoms with E-state index in [0.717, 1.165) is 43.9 Å². The molecule has 242 valence electrons. The minimum atomic E-state index is -0.848. The highest BCUT2D eigenvalue weighted by Gasteiger charge is 2.57. The molecule has 0 radical (unpaired) electrons. The Kier molecular flexibility index (Phi) is 12.0. The number of carboxylic acid groups (broad SMARTS) is 1. The van der Waals surface area contributed by atoms with Gasteiger partial charge in [0.2, 0.25) is 0 Å². The largest absolute Gasteiger partial charge is 0.478 e. The molecule has 4 aliphatic carbocycles. The highest BCUT2D eigenvalue weighted by molar-refractivity contribution is 5.79. The van der Waals surface area contributed by atoms with Crippen molar-refractivity contribution in [2.45, 2.75) is 144 Å².